The van der Waals surface area contributed by atoms with Gasteiger partial charge in [0.1, 0.15) is 11.9 Å². The molecular formula is C19H15N3. The van der Waals surface area contributed by atoms with Crippen molar-refractivity contribution < 1.29 is 0 Å². The minimum atomic E-state index is 0.529. The molecule has 0 aliphatic carbocycles. The van der Waals surface area contributed by atoms with Crippen LogP contribution in [-0.4, -0.2) is 9.97 Å². The number of aromatic nitrogens is 2. The van der Waals surface area contributed by atoms with E-state index in [1.165, 1.54) is 0 Å². The summed E-state index contributed by atoms with van der Waals surface area (Å²) < 4.78 is 0. The van der Waals surface area contributed by atoms with E-state index in [1.54, 1.807) is 0 Å². The fraction of sp³-hybridized carbons (Fsp3) is 0.0526. The second kappa shape index (κ2) is 6.11. The highest BCUT2D eigenvalue weighted by atomic mass is 14.9. The number of nitrogens with zero attached hydrogens (tertiary/aromatic N) is 2. The molecule has 3 aromatic rings. The lowest BCUT2D eigenvalue weighted by Gasteiger charge is -1.97. The number of nitriles is 1. The number of benzene rings is 2. The molecule has 0 unspecified atom stereocenters. The minimum Gasteiger partial charge on any atom is -0.337 e. The third-order valence-electron chi connectivity index (χ3n) is 3.33. The van der Waals surface area contributed by atoms with E-state index in [0.717, 1.165) is 22.2 Å². The molecule has 106 valence electrons. The maximum Gasteiger partial charge on any atom is 0.149 e. The van der Waals surface area contributed by atoms with Gasteiger partial charge < -0.3 is 4.98 Å². The lowest BCUT2D eigenvalue weighted by atomic mass is 10.1. The highest BCUT2D eigenvalue weighted by Gasteiger charge is 2.07. The van der Waals surface area contributed by atoms with Gasteiger partial charge in [0, 0.05) is 0 Å². The Morgan fingerprint density at radius 3 is 2.55 bits per heavy atom. The van der Waals surface area contributed by atoms with Gasteiger partial charge in [-0.05, 0) is 36.3 Å². The molecule has 3 heteroatoms. The van der Waals surface area contributed by atoms with Crippen LogP contribution in [0.3, 0.4) is 0 Å². The third kappa shape index (κ3) is 2.97. The Hall–Kier alpha value is -3.12. The zero-order valence-corrected chi connectivity index (χ0v) is 12.2. The monoisotopic (exact) mass is 285 g/mol. The average Bonchev–Trinajstić information content (AvgIpc) is 2.97. The molecule has 1 heterocycles. The second-order valence-corrected chi connectivity index (χ2v) is 5.07. The van der Waals surface area contributed by atoms with Gasteiger partial charge >= 0.3 is 0 Å². The van der Waals surface area contributed by atoms with Gasteiger partial charge in [0.05, 0.1) is 16.6 Å². The number of rotatable bonds is 3. The Labute approximate surface area is 129 Å². The molecule has 0 saturated carbocycles. The molecule has 0 radical (unpaired) electrons. The molecule has 2 aromatic carbocycles. The van der Waals surface area contributed by atoms with Gasteiger partial charge in [0.15, 0.2) is 0 Å². The van der Waals surface area contributed by atoms with E-state index in [4.69, 9.17) is 0 Å². The van der Waals surface area contributed by atoms with Crippen molar-refractivity contribution in [2.75, 3.05) is 0 Å². The zero-order chi connectivity index (χ0) is 15.4. The van der Waals surface area contributed by atoms with Gasteiger partial charge in [-0.15, -0.1) is 0 Å². The van der Waals surface area contributed by atoms with E-state index in [2.05, 4.69) is 16.0 Å². The molecule has 1 N–H and O–H groups in total. The summed E-state index contributed by atoms with van der Waals surface area (Å²) in [4.78, 5) is 7.66. The quantitative estimate of drug-likeness (QED) is 0.566. The van der Waals surface area contributed by atoms with Crippen LogP contribution in [0.1, 0.15) is 18.3 Å². The van der Waals surface area contributed by atoms with Crippen molar-refractivity contribution in [3.63, 3.8) is 0 Å². The van der Waals surface area contributed by atoms with Gasteiger partial charge in [-0.3, -0.25) is 0 Å². The van der Waals surface area contributed by atoms with E-state index in [1.807, 2.05) is 73.7 Å². The summed E-state index contributed by atoms with van der Waals surface area (Å²) in [5.41, 5.74) is 4.44. The fourth-order valence-corrected chi connectivity index (χ4v) is 2.32. The highest BCUT2D eigenvalue weighted by Crippen LogP contribution is 2.18. The minimum absolute atomic E-state index is 0.529. The predicted molar refractivity (Wildman–Crippen MR) is 89.8 cm³/mol. The number of para-hydroxylation sites is 2. The third-order valence-corrected chi connectivity index (χ3v) is 3.33. The lowest BCUT2D eigenvalue weighted by molar-refractivity contribution is 1.27. The Morgan fingerprint density at radius 2 is 1.82 bits per heavy atom. The number of hydrogen-bond acceptors (Lipinski definition) is 2. The van der Waals surface area contributed by atoms with Crippen LogP contribution in [0, 0.1) is 11.3 Å². The fourth-order valence-electron chi connectivity index (χ4n) is 2.32. The summed E-state index contributed by atoms with van der Waals surface area (Å²) in [5.74, 6) is 0.601. The molecule has 22 heavy (non-hydrogen) atoms. The predicted octanol–water partition coefficient (Wildman–Crippen LogP) is 4.57. The first-order valence-electron chi connectivity index (χ1n) is 7.06. The van der Waals surface area contributed by atoms with Gasteiger partial charge in [-0.25, -0.2) is 4.98 Å². The molecule has 0 aliphatic heterocycles. The molecule has 3 rings (SSSR count). The Bertz CT molecular complexity index is 860. The van der Waals surface area contributed by atoms with Crippen LogP contribution < -0.4 is 0 Å². The van der Waals surface area contributed by atoms with Crippen LogP contribution in [0.25, 0.3) is 22.7 Å². The first kappa shape index (κ1) is 13.8. The molecular weight excluding hydrogens is 270 g/mol. The molecule has 0 bridgehead atoms. The van der Waals surface area contributed by atoms with Crippen molar-refractivity contribution in [1.82, 2.24) is 9.97 Å². The number of H-pyrrole nitrogens is 1. The van der Waals surface area contributed by atoms with Crippen LogP contribution in [0.4, 0.5) is 0 Å². The van der Waals surface area contributed by atoms with Crippen molar-refractivity contribution in [2.45, 2.75) is 6.92 Å². The molecule has 0 fully saturated rings. The number of fused-ring (bicyclic) bond motifs is 1. The van der Waals surface area contributed by atoms with Gasteiger partial charge in [-0.1, -0.05) is 48.5 Å². The molecule has 0 saturated heterocycles. The summed E-state index contributed by atoms with van der Waals surface area (Å²) in [7, 11) is 0. The zero-order valence-electron chi connectivity index (χ0n) is 12.2. The van der Waals surface area contributed by atoms with Crippen molar-refractivity contribution in [2.24, 2.45) is 0 Å². The largest absolute Gasteiger partial charge is 0.337 e. The van der Waals surface area contributed by atoms with E-state index in [-0.39, 0.29) is 0 Å². The molecule has 0 amide bonds. The van der Waals surface area contributed by atoms with E-state index < -0.39 is 0 Å². The van der Waals surface area contributed by atoms with Crippen LogP contribution in [0.5, 0.6) is 0 Å². The van der Waals surface area contributed by atoms with Crippen LogP contribution in [0.15, 0.2) is 66.2 Å². The molecule has 0 atom stereocenters. The number of allylic oxidation sites excluding steroid dienone is 3. The van der Waals surface area contributed by atoms with Crippen LogP contribution in [0.2, 0.25) is 0 Å². The number of hydrogen-bond donors (Lipinski definition) is 1. The first-order chi connectivity index (χ1) is 10.8. The second-order valence-electron chi connectivity index (χ2n) is 5.07. The van der Waals surface area contributed by atoms with E-state index in [9.17, 15) is 5.26 Å². The normalized spacial score (nSPS) is 12.4. The lowest BCUT2D eigenvalue weighted by Crippen LogP contribution is -1.85. The number of imidazole rings is 1. The number of aromatic amines is 1. The molecule has 0 aliphatic rings. The maximum absolute atomic E-state index is 9.41. The first-order valence-corrected chi connectivity index (χ1v) is 7.06. The Balaban J connectivity index is 1.96. The van der Waals surface area contributed by atoms with E-state index >= 15 is 0 Å². The summed E-state index contributed by atoms with van der Waals surface area (Å²) in [6.07, 6.45) is 3.89. The summed E-state index contributed by atoms with van der Waals surface area (Å²) in [6, 6.07) is 20.0. The highest BCUT2D eigenvalue weighted by molar-refractivity contribution is 5.83. The molecule has 1 aromatic heterocycles. The average molecular weight is 285 g/mol. The molecule has 0 spiro atoms. The topological polar surface area (TPSA) is 52.5 Å². The van der Waals surface area contributed by atoms with Gasteiger partial charge in [0.25, 0.3) is 0 Å². The summed E-state index contributed by atoms with van der Waals surface area (Å²) >= 11 is 0. The smallest absolute Gasteiger partial charge is 0.149 e. The Morgan fingerprint density at radius 1 is 1.09 bits per heavy atom. The van der Waals surface area contributed by atoms with Crippen molar-refractivity contribution in [3.05, 3.63) is 77.6 Å². The molecule has 3 nitrogen and oxygen atoms in total. The maximum atomic E-state index is 9.41. The SMILES string of the molecule is CC(=C/c1ccccc1)/C=C(/C#N)c1nc2ccccc2[nH]1. The standard InChI is InChI=1S/C19H15N3/c1-14(11-15-7-3-2-4-8-15)12-16(13-20)19-21-17-9-5-6-10-18(17)22-19/h2-12H,1H3,(H,21,22)/b14-11-,16-12-. The number of nitrogens with one attached hydrogen (secondary N) is 1. The summed E-state index contributed by atoms with van der Waals surface area (Å²) in [6.45, 7) is 1.98. The van der Waals surface area contributed by atoms with Crippen molar-refractivity contribution in [1.29, 1.82) is 5.26 Å². The van der Waals surface area contributed by atoms with Crippen molar-refractivity contribution >= 4 is 22.7 Å². The Kier molecular flexibility index (Phi) is 3.84. The van der Waals surface area contributed by atoms with Gasteiger partial charge in [0.2, 0.25) is 0 Å². The van der Waals surface area contributed by atoms with Crippen LogP contribution in [-0.2, 0) is 0 Å². The van der Waals surface area contributed by atoms with Gasteiger partial charge in [-0.2, -0.15) is 5.26 Å². The van der Waals surface area contributed by atoms with Crippen molar-refractivity contribution in [3.8, 4) is 6.07 Å². The summed E-state index contributed by atoms with van der Waals surface area (Å²) in [5, 5.41) is 9.41. The van der Waals surface area contributed by atoms with Crippen LogP contribution >= 0.6 is 0 Å². The van der Waals surface area contributed by atoms with E-state index in [0.29, 0.717) is 11.4 Å².